The van der Waals surface area contributed by atoms with Gasteiger partial charge in [-0.2, -0.15) is 0 Å². The fraction of sp³-hybridized carbons (Fsp3) is 0.353. The molecule has 1 atom stereocenters. The molecule has 0 saturated carbocycles. The Kier molecular flexibility index (Phi) is 4.85. The smallest absolute Gasteiger partial charge is 0.128 e. The van der Waals surface area contributed by atoms with E-state index < -0.39 is 0 Å². The molecule has 2 nitrogen and oxygen atoms in total. The predicted octanol–water partition coefficient (Wildman–Crippen LogP) is 3.93. The second-order valence-electron chi connectivity index (χ2n) is 5.12. The van der Waals surface area contributed by atoms with E-state index >= 15 is 0 Å². The topological polar surface area (TPSA) is 24.9 Å². The predicted molar refractivity (Wildman–Crippen MR) is 80.2 cm³/mol. The van der Waals surface area contributed by atoms with Crippen molar-refractivity contribution in [3.8, 4) is 0 Å². The molecule has 0 saturated heterocycles. The van der Waals surface area contributed by atoms with Crippen LogP contribution in [0.1, 0.15) is 41.8 Å². The highest BCUT2D eigenvalue weighted by Gasteiger charge is 2.20. The van der Waals surface area contributed by atoms with Crippen LogP contribution < -0.4 is 5.32 Å². The fourth-order valence-electron chi connectivity index (χ4n) is 2.48. The molecule has 1 heterocycles. The lowest BCUT2D eigenvalue weighted by Gasteiger charge is -2.21. The van der Waals surface area contributed by atoms with Crippen LogP contribution in [0, 0.1) is 19.7 Å². The largest absolute Gasteiger partial charge is 0.305 e. The first-order valence-corrected chi connectivity index (χ1v) is 7.04. The Hall–Kier alpha value is -1.74. The van der Waals surface area contributed by atoms with E-state index in [0.717, 1.165) is 29.8 Å². The highest BCUT2D eigenvalue weighted by Crippen LogP contribution is 2.27. The zero-order valence-electron chi connectivity index (χ0n) is 12.3. The minimum absolute atomic E-state index is 0.165. The van der Waals surface area contributed by atoms with Gasteiger partial charge in [-0.15, -0.1) is 0 Å². The second kappa shape index (κ2) is 6.62. The molecular formula is C17H21FN2. The van der Waals surface area contributed by atoms with Crippen molar-refractivity contribution < 1.29 is 4.39 Å². The van der Waals surface area contributed by atoms with E-state index in [1.165, 1.54) is 0 Å². The highest BCUT2D eigenvalue weighted by atomic mass is 19.1. The highest BCUT2D eigenvalue weighted by molar-refractivity contribution is 5.38. The molecule has 0 aliphatic rings. The van der Waals surface area contributed by atoms with Crippen molar-refractivity contribution in [2.24, 2.45) is 0 Å². The Labute approximate surface area is 120 Å². The third-order valence-electron chi connectivity index (χ3n) is 3.35. The summed E-state index contributed by atoms with van der Waals surface area (Å²) >= 11 is 0. The summed E-state index contributed by atoms with van der Waals surface area (Å²) in [7, 11) is 0. The SMILES string of the molecule is CCCNC(c1ccccn1)c1c(C)cc(C)cc1F. The molecule has 0 amide bonds. The first-order chi connectivity index (χ1) is 9.63. The van der Waals surface area contributed by atoms with Crippen LogP contribution in [-0.2, 0) is 0 Å². The quantitative estimate of drug-likeness (QED) is 0.892. The van der Waals surface area contributed by atoms with Crippen LogP contribution in [0.3, 0.4) is 0 Å². The third kappa shape index (κ3) is 3.23. The Morgan fingerprint density at radius 2 is 2.05 bits per heavy atom. The zero-order valence-corrected chi connectivity index (χ0v) is 12.3. The second-order valence-corrected chi connectivity index (χ2v) is 5.12. The normalized spacial score (nSPS) is 12.4. The van der Waals surface area contributed by atoms with Crippen LogP contribution in [0.4, 0.5) is 4.39 Å². The van der Waals surface area contributed by atoms with Crippen molar-refractivity contribution in [3.05, 3.63) is 64.7 Å². The van der Waals surface area contributed by atoms with Crippen LogP contribution in [0.2, 0.25) is 0 Å². The van der Waals surface area contributed by atoms with Gasteiger partial charge in [-0.3, -0.25) is 4.98 Å². The van der Waals surface area contributed by atoms with Gasteiger partial charge in [0.2, 0.25) is 0 Å². The first-order valence-electron chi connectivity index (χ1n) is 7.04. The molecule has 2 aromatic rings. The van der Waals surface area contributed by atoms with E-state index in [0.29, 0.717) is 5.56 Å². The summed E-state index contributed by atoms with van der Waals surface area (Å²) in [5.41, 5.74) is 3.45. The number of aromatic nitrogens is 1. The van der Waals surface area contributed by atoms with Crippen LogP contribution in [0.5, 0.6) is 0 Å². The molecule has 0 aliphatic heterocycles. The Bertz CT molecular complexity index is 543. The molecule has 0 bridgehead atoms. The maximum Gasteiger partial charge on any atom is 0.128 e. The van der Waals surface area contributed by atoms with Crippen LogP contribution >= 0.6 is 0 Å². The van der Waals surface area contributed by atoms with E-state index in [2.05, 4.69) is 17.2 Å². The average Bonchev–Trinajstić information content (AvgIpc) is 2.42. The number of pyridine rings is 1. The maximum atomic E-state index is 14.4. The van der Waals surface area contributed by atoms with Crippen molar-refractivity contribution in [1.82, 2.24) is 10.3 Å². The lowest BCUT2D eigenvalue weighted by molar-refractivity contribution is 0.536. The molecule has 0 aliphatic carbocycles. The molecule has 3 heteroatoms. The van der Waals surface area contributed by atoms with Crippen LogP contribution in [0.15, 0.2) is 36.5 Å². The lowest BCUT2D eigenvalue weighted by atomic mass is 9.95. The molecule has 0 fully saturated rings. The van der Waals surface area contributed by atoms with Crippen molar-refractivity contribution in [2.45, 2.75) is 33.2 Å². The Morgan fingerprint density at radius 1 is 1.25 bits per heavy atom. The summed E-state index contributed by atoms with van der Waals surface area (Å²) < 4.78 is 14.4. The van der Waals surface area contributed by atoms with Gasteiger partial charge in [0.25, 0.3) is 0 Å². The number of nitrogens with one attached hydrogen (secondary N) is 1. The van der Waals surface area contributed by atoms with E-state index in [1.54, 1.807) is 12.3 Å². The van der Waals surface area contributed by atoms with Crippen molar-refractivity contribution in [3.63, 3.8) is 0 Å². The molecule has 1 aromatic heterocycles. The van der Waals surface area contributed by atoms with Crippen LogP contribution in [0.25, 0.3) is 0 Å². The van der Waals surface area contributed by atoms with Gasteiger partial charge in [0.05, 0.1) is 11.7 Å². The summed E-state index contributed by atoms with van der Waals surface area (Å²) in [5, 5.41) is 3.40. The van der Waals surface area contributed by atoms with Crippen molar-refractivity contribution in [2.75, 3.05) is 6.54 Å². The van der Waals surface area contributed by atoms with Gasteiger partial charge < -0.3 is 5.32 Å². The number of hydrogen-bond donors (Lipinski definition) is 1. The molecule has 2 rings (SSSR count). The number of benzene rings is 1. The molecule has 20 heavy (non-hydrogen) atoms. The molecular weight excluding hydrogens is 251 g/mol. The summed E-state index contributed by atoms with van der Waals surface area (Å²) in [6, 6.07) is 9.15. The minimum atomic E-state index is -0.197. The summed E-state index contributed by atoms with van der Waals surface area (Å²) in [4.78, 5) is 4.38. The summed E-state index contributed by atoms with van der Waals surface area (Å²) in [6.45, 7) is 6.79. The molecule has 1 aromatic carbocycles. The Balaban J connectivity index is 2.47. The number of rotatable bonds is 5. The first kappa shape index (κ1) is 14.7. The lowest BCUT2D eigenvalue weighted by Crippen LogP contribution is -2.25. The summed E-state index contributed by atoms with van der Waals surface area (Å²) in [6.07, 6.45) is 2.74. The zero-order chi connectivity index (χ0) is 14.5. The molecule has 0 spiro atoms. The van der Waals surface area contributed by atoms with Crippen molar-refractivity contribution in [1.29, 1.82) is 0 Å². The van der Waals surface area contributed by atoms with Gasteiger partial charge in [-0.05, 0) is 56.1 Å². The van der Waals surface area contributed by atoms with E-state index in [9.17, 15) is 4.39 Å². The third-order valence-corrected chi connectivity index (χ3v) is 3.35. The van der Waals surface area contributed by atoms with Gasteiger partial charge in [-0.1, -0.05) is 19.1 Å². The number of halogens is 1. The standard InChI is InChI=1S/C17H21FN2/c1-4-8-20-17(15-7-5-6-9-19-15)16-13(3)10-12(2)11-14(16)18/h5-7,9-11,17,20H,4,8H2,1-3H3. The molecule has 106 valence electrons. The molecule has 0 radical (unpaired) electrons. The molecule has 1 N–H and O–H groups in total. The van der Waals surface area contributed by atoms with E-state index in [1.807, 2.05) is 38.1 Å². The van der Waals surface area contributed by atoms with Gasteiger partial charge in [0.15, 0.2) is 0 Å². The van der Waals surface area contributed by atoms with Crippen LogP contribution in [-0.4, -0.2) is 11.5 Å². The Morgan fingerprint density at radius 3 is 2.65 bits per heavy atom. The average molecular weight is 272 g/mol. The minimum Gasteiger partial charge on any atom is -0.305 e. The van der Waals surface area contributed by atoms with Gasteiger partial charge >= 0.3 is 0 Å². The van der Waals surface area contributed by atoms with Gasteiger partial charge in [-0.25, -0.2) is 4.39 Å². The number of hydrogen-bond acceptors (Lipinski definition) is 2. The molecule has 1 unspecified atom stereocenters. The number of nitrogens with zero attached hydrogens (tertiary/aromatic N) is 1. The van der Waals surface area contributed by atoms with Gasteiger partial charge in [0, 0.05) is 11.8 Å². The fourth-order valence-corrected chi connectivity index (χ4v) is 2.48. The van der Waals surface area contributed by atoms with Gasteiger partial charge in [0.1, 0.15) is 5.82 Å². The van der Waals surface area contributed by atoms with E-state index in [-0.39, 0.29) is 11.9 Å². The van der Waals surface area contributed by atoms with E-state index in [4.69, 9.17) is 0 Å². The number of aryl methyl sites for hydroxylation is 2. The van der Waals surface area contributed by atoms with Crippen molar-refractivity contribution >= 4 is 0 Å². The monoisotopic (exact) mass is 272 g/mol. The maximum absolute atomic E-state index is 14.4. The summed E-state index contributed by atoms with van der Waals surface area (Å²) in [5.74, 6) is -0.165.